The Kier molecular flexibility index (Phi) is 6.58. The molecule has 1 aromatic carbocycles. The highest BCUT2D eigenvalue weighted by Gasteiger charge is 2.31. The summed E-state index contributed by atoms with van der Waals surface area (Å²) >= 11 is 0. The number of alkyl halides is 3. The number of fused-ring (bicyclic) bond motifs is 1. The maximum atomic E-state index is 13.2. The maximum Gasteiger partial charge on any atom is 0.573 e. The average Bonchev–Trinajstić information content (AvgIpc) is 3.23. The molecule has 0 fully saturated rings. The SMILES string of the molecule is [2H]C(C)(NC(=O)c1cc(-c2ccc3nc(NC(C)=O)cn3n2)cnc1OC)c1cccc(OC(F)(F)F)c1. The van der Waals surface area contributed by atoms with Gasteiger partial charge in [0.25, 0.3) is 5.91 Å². The third-order valence-electron chi connectivity index (χ3n) is 5.01. The lowest BCUT2D eigenvalue weighted by atomic mass is 10.1. The first kappa shape index (κ1) is 24.0. The summed E-state index contributed by atoms with van der Waals surface area (Å²) in [5.74, 6) is -1.29. The molecule has 0 saturated heterocycles. The quantitative estimate of drug-likeness (QED) is 0.380. The Bertz CT molecular complexity index is 1520. The lowest BCUT2D eigenvalue weighted by Gasteiger charge is -2.17. The summed E-state index contributed by atoms with van der Waals surface area (Å²) in [5.41, 5.74) is 1.34. The number of nitrogens with one attached hydrogen (secondary N) is 2. The Balaban J connectivity index is 1.62. The molecule has 3 aromatic heterocycles. The number of pyridine rings is 1. The molecule has 0 radical (unpaired) electrons. The molecule has 1 unspecified atom stereocenters. The summed E-state index contributed by atoms with van der Waals surface area (Å²) in [4.78, 5) is 32.9. The summed E-state index contributed by atoms with van der Waals surface area (Å²) in [6.45, 7) is 2.66. The van der Waals surface area contributed by atoms with Crippen LogP contribution in [0.2, 0.25) is 0 Å². The molecule has 1 atom stereocenters. The van der Waals surface area contributed by atoms with Crippen molar-refractivity contribution in [1.29, 1.82) is 0 Å². The minimum Gasteiger partial charge on any atom is -0.480 e. The van der Waals surface area contributed by atoms with Crippen molar-refractivity contribution >= 4 is 23.3 Å². The molecule has 0 aliphatic heterocycles. The van der Waals surface area contributed by atoms with Crippen LogP contribution in [0.15, 0.2) is 54.9 Å². The third-order valence-corrected chi connectivity index (χ3v) is 5.01. The molecule has 2 N–H and O–H groups in total. The van der Waals surface area contributed by atoms with Crippen LogP contribution in [-0.4, -0.2) is 44.9 Å². The number of carbonyl (C=O) groups is 2. The van der Waals surface area contributed by atoms with Gasteiger partial charge in [-0.15, -0.1) is 13.2 Å². The lowest BCUT2D eigenvalue weighted by Crippen LogP contribution is -2.27. The number of benzene rings is 1. The number of amides is 2. The molecule has 0 saturated carbocycles. The fraction of sp³-hybridized carbons (Fsp3) is 0.208. The molecule has 0 bridgehead atoms. The van der Waals surface area contributed by atoms with Gasteiger partial charge in [-0.2, -0.15) is 5.10 Å². The minimum atomic E-state index is -4.90. The number of nitrogens with zero attached hydrogens (tertiary/aromatic N) is 4. The highest BCUT2D eigenvalue weighted by molar-refractivity contribution is 5.97. The monoisotopic (exact) mass is 515 g/mol. The van der Waals surface area contributed by atoms with E-state index in [2.05, 4.69) is 30.4 Å². The van der Waals surface area contributed by atoms with Crippen molar-refractivity contribution < 1.29 is 33.6 Å². The largest absolute Gasteiger partial charge is 0.573 e. The van der Waals surface area contributed by atoms with Gasteiger partial charge in [0.2, 0.25) is 11.8 Å². The van der Waals surface area contributed by atoms with Crippen molar-refractivity contribution in [3.8, 4) is 22.9 Å². The van der Waals surface area contributed by atoms with Crippen molar-refractivity contribution in [2.75, 3.05) is 12.4 Å². The van der Waals surface area contributed by atoms with E-state index in [-0.39, 0.29) is 22.9 Å². The summed E-state index contributed by atoms with van der Waals surface area (Å²) in [6, 6.07) is 7.72. The number of aromatic nitrogens is 4. The Morgan fingerprint density at radius 1 is 1.19 bits per heavy atom. The summed E-state index contributed by atoms with van der Waals surface area (Å²) < 4.78 is 57.0. The van der Waals surface area contributed by atoms with Gasteiger partial charge in [0.05, 0.1) is 26.4 Å². The smallest absolute Gasteiger partial charge is 0.480 e. The number of ether oxygens (including phenoxy) is 2. The molecule has 4 aromatic rings. The van der Waals surface area contributed by atoms with Gasteiger partial charge in [0, 0.05) is 18.7 Å². The van der Waals surface area contributed by atoms with E-state index in [0.29, 0.717) is 22.7 Å². The second-order valence-electron chi connectivity index (χ2n) is 7.76. The molecule has 13 heteroatoms. The number of hydrogen-bond donors (Lipinski definition) is 2. The summed E-state index contributed by atoms with van der Waals surface area (Å²) in [6.07, 6.45) is -1.95. The van der Waals surface area contributed by atoms with Gasteiger partial charge >= 0.3 is 6.36 Å². The van der Waals surface area contributed by atoms with Crippen LogP contribution in [0, 0.1) is 0 Å². The fourth-order valence-corrected chi connectivity index (χ4v) is 3.43. The van der Waals surface area contributed by atoms with Gasteiger partial charge in [-0.05, 0) is 42.8 Å². The average molecular weight is 515 g/mol. The second kappa shape index (κ2) is 10.1. The van der Waals surface area contributed by atoms with E-state index in [0.717, 1.165) is 12.1 Å². The van der Waals surface area contributed by atoms with Crippen molar-refractivity contribution in [3.05, 3.63) is 66.0 Å². The highest BCUT2D eigenvalue weighted by atomic mass is 19.4. The molecule has 3 heterocycles. The number of halogens is 3. The summed E-state index contributed by atoms with van der Waals surface area (Å²) in [5, 5.41) is 9.48. The van der Waals surface area contributed by atoms with Crippen LogP contribution in [0.5, 0.6) is 11.6 Å². The van der Waals surface area contributed by atoms with Gasteiger partial charge in [-0.25, -0.2) is 14.5 Å². The zero-order chi connectivity index (χ0) is 27.7. The Morgan fingerprint density at radius 2 is 1.97 bits per heavy atom. The van der Waals surface area contributed by atoms with Crippen LogP contribution >= 0.6 is 0 Å². The van der Waals surface area contributed by atoms with Crippen LogP contribution in [0.4, 0.5) is 19.0 Å². The van der Waals surface area contributed by atoms with Crippen LogP contribution < -0.4 is 20.1 Å². The van der Waals surface area contributed by atoms with E-state index in [1.165, 1.54) is 56.1 Å². The molecule has 4 rings (SSSR count). The van der Waals surface area contributed by atoms with Crippen molar-refractivity contribution in [2.45, 2.75) is 26.2 Å². The Labute approximate surface area is 209 Å². The Hall–Kier alpha value is -4.68. The van der Waals surface area contributed by atoms with Crippen LogP contribution in [-0.2, 0) is 4.79 Å². The molecule has 10 nitrogen and oxygen atoms in total. The standard InChI is InChI=1S/C24H21F3N6O4/c1-13(15-5-4-6-17(9-15)37-24(25,26)27)29-22(35)18-10-16(11-28-23(18)36-3)19-7-8-21-31-20(30-14(2)34)12-33(21)32-19/h4-13H,1-3H3,(H,29,35)(H,30,34)/i13D. The third kappa shape index (κ3) is 6.12. The number of carbonyl (C=O) groups excluding carboxylic acids is 2. The normalized spacial score (nSPS) is 13.4. The predicted octanol–water partition coefficient (Wildman–Crippen LogP) is 4.15. The molecule has 37 heavy (non-hydrogen) atoms. The van der Waals surface area contributed by atoms with E-state index in [9.17, 15) is 22.8 Å². The van der Waals surface area contributed by atoms with Crippen molar-refractivity contribution in [2.24, 2.45) is 0 Å². The van der Waals surface area contributed by atoms with Gasteiger partial charge in [0.1, 0.15) is 11.3 Å². The van der Waals surface area contributed by atoms with E-state index in [1.807, 2.05) is 0 Å². The van der Waals surface area contributed by atoms with E-state index in [1.54, 1.807) is 12.1 Å². The first-order valence-corrected chi connectivity index (χ1v) is 10.7. The number of anilines is 1. The van der Waals surface area contributed by atoms with Gasteiger partial charge in [-0.1, -0.05) is 12.1 Å². The topological polar surface area (TPSA) is 120 Å². The molecule has 192 valence electrons. The van der Waals surface area contributed by atoms with Crippen LogP contribution in [0.25, 0.3) is 16.9 Å². The van der Waals surface area contributed by atoms with Crippen molar-refractivity contribution in [3.63, 3.8) is 0 Å². The molecular formula is C24H21F3N6O4. The van der Waals surface area contributed by atoms with E-state index in [4.69, 9.17) is 6.11 Å². The van der Waals surface area contributed by atoms with E-state index >= 15 is 0 Å². The van der Waals surface area contributed by atoms with E-state index < -0.39 is 24.0 Å². The fourth-order valence-electron chi connectivity index (χ4n) is 3.43. The van der Waals surface area contributed by atoms with Crippen molar-refractivity contribution in [1.82, 2.24) is 24.9 Å². The first-order valence-electron chi connectivity index (χ1n) is 11.2. The number of rotatable bonds is 7. The summed E-state index contributed by atoms with van der Waals surface area (Å²) in [7, 11) is 1.32. The molecular weight excluding hydrogens is 493 g/mol. The maximum absolute atomic E-state index is 13.2. The molecule has 0 spiro atoms. The first-order chi connectivity index (χ1) is 17.8. The molecule has 0 aliphatic carbocycles. The second-order valence-corrected chi connectivity index (χ2v) is 7.76. The van der Waals surface area contributed by atoms with Gasteiger partial charge in [0.15, 0.2) is 11.5 Å². The highest BCUT2D eigenvalue weighted by Crippen LogP contribution is 2.27. The Morgan fingerprint density at radius 3 is 2.68 bits per heavy atom. The van der Waals surface area contributed by atoms with Gasteiger partial charge < -0.3 is 20.1 Å². The predicted molar refractivity (Wildman–Crippen MR) is 126 cm³/mol. The zero-order valence-electron chi connectivity index (χ0n) is 20.8. The van der Waals surface area contributed by atoms with Crippen LogP contribution in [0.3, 0.4) is 0 Å². The number of methoxy groups -OCH3 is 1. The van der Waals surface area contributed by atoms with Gasteiger partial charge in [-0.3, -0.25) is 9.59 Å². The lowest BCUT2D eigenvalue weighted by molar-refractivity contribution is -0.274. The minimum absolute atomic E-state index is 0.0300. The number of imidazole rings is 1. The molecule has 0 aliphatic rings. The zero-order valence-corrected chi connectivity index (χ0v) is 19.8. The molecule has 2 amide bonds. The van der Waals surface area contributed by atoms with Crippen LogP contribution in [0.1, 0.15) is 37.2 Å². The number of hydrogen-bond acceptors (Lipinski definition) is 7.